The number of rotatable bonds is 5. The van der Waals surface area contributed by atoms with Crippen molar-refractivity contribution < 1.29 is 24.2 Å². The summed E-state index contributed by atoms with van der Waals surface area (Å²) in [5, 5.41) is 9.68. The van der Waals surface area contributed by atoms with Crippen molar-refractivity contribution in [3.05, 3.63) is 35.9 Å². The van der Waals surface area contributed by atoms with Crippen molar-refractivity contribution in [1.29, 1.82) is 0 Å². The Morgan fingerprint density at radius 2 is 2.00 bits per heavy atom. The summed E-state index contributed by atoms with van der Waals surface area (Å²) in [5.74, 6) is -0.803. The maximum absolute atomic E-state index is 12.7. The highest BCUT2D eigenvalue weighted by Crippen LogP contribution is 2.57. The molecule has 1 amide bonds. The highest BCUT2D eigenvalue weighted by Gasteiger charge is 2.74. The highest BCUT2D eigenvalue weighted by atomic mass is 32.2. The second-order valence-electron chi connectivity index (χ2n) is 6.96. The second-order valence-corrected chi connectivity index (χ2v) is 8.69. The first-order valence-corrected chi connectivity index (χ1v) is 9.08. The van der Waals surface area contributed by atoms with Gasteiger partial charge in [-0.3, -0.25) is 4.79 Å². The minimum atomic E-state index is -1.30. The Labute approximate surface area is 151 Å². The van der Waals surface area contributed by atoms with Gasteiger partial charge in [0.2, 0.25) is 5.60 Å². The van der Waals surface area contributed by atoms with Crippen LogP contribution >= 0.6 is 11.8 Å². The fraction of sp³-hybridized carbons (Fsp3) is 0.556. The molecule has 1 unspecified atom stereocenters. The molecule has 2 saturated heterocycles. The van der Waals surface area contributed by atoms with Crippen LogP contribution in [0.2, 0.25) is 0 Å². The lowest BCUT2D eigenvalue weighted by Gasteiger charge is -2.53. The molecule has 2 heterocycles. The summed E-state index contributed by atoms with van der Waals surface area (Å²) in [6.07, 6.45) is -0.964. The van der Waals surface area contributed by atoms with Gasteiger partial charge in [-0.15, -0.1) is 11.8 Å². The van der Waals surface area contributed by atoms with Crippen LogP contribution in [0.5, 0.6) is 0 Å². The number of hydrogen-bond acceptors (Lipinski definition) is 6. The zero-order valence-electron chi connectivity index (χ0n) is 14.8. The van der Waals surface area contributed by atoms with Gasteiger partial charge in [0.05, 0.1) is 6.10 Å². The molecular formula is C18H23NO5S. The van der Waals surface area contributed by atoms with E-state index >= 15 is 0 Å². The fourth-order valence-corrected chi connectivity index (χ4v) is 5.40. The minimum Gasteiger partial charge on any atom is -0.459 e. The van der Waals surface area contributed by atoms with E-state index in [-0.39, 0.29) is 12.5 Å². The first kappa shape index (κ1) is 18.2. The molecule has 2 fully saturated rings. The van der Waals surface area contributed by atoms with E-state index in [4.69, 9.17) is 9.47 Å². The molecule has 1 N–H and O–H groups in total. The molecule has 7 heteroatoms. The first-order valence-electron chi connectivity index (χ1n) is 8.20. The Bertz CT molecular complexity index is 677. The Balaban J connectivity index is 1.78. The first-order chi connectivity index (χ1) is 11.8. The van der Waals surface area contributed by atoms with Crippen molar-refractivity contribution >= 4 is 23.6 Å². The summed E-state index contributed by atoms with van der Waals surface area (Å²) in [4.78, 5) is 26.9. The number of ether oxygens (including phenoxy) is 2. The summed E-state index contributed by atoms with van der Waals surface area (Å²) in [7, 11) is 1.41. The van der Waals surface area contributed by atoms with Crippen molar-refractivity contribution in [2.24, 2.45) is 0 Å². The number of hydrogen-bond donors (Lipinski definition) is 1. The van der Waals surface area contributed by atoms with Crippen molar-refractivity contribution in [3.63, 3.8) is 0 Å². The number of methoxy groups -OCH3 is 1. The summed E-state index contributed by atoms with van der Waals surface area (Å²) in [5.41, 5.74) is -0.405. The molecule has 0 spiro atoms. The van der Waals surface area contributed by atoms with E-state index in [1.807, 2.05) is 44.2 Å². The summed E-state index contributed by atoms with van der Waals surface area (Å²) < 4.78 is 10.3. The standard InChI is InChI=1S/C18H23NO5S/c1-11(20)18(23-4)15(22)19-13(17(2,3)25-16(18)19)14(21)24-10-12-8-6-5-7-9-12/h5-9,11,13,16,20H,10H2,1-4H3/t11?,13-,16+,18+/m0/s1. The maximum atomic E-state index is 12.7. The number of β-lactam (4-membered cyclic amide) rings is 1. The molecule has 6 nitrogen and oxygen atoms in total. The van der Waals surface area contributed by atoms with Gasteiger partial charge in [-0.05, 0) is 26.3 Å². The zero-order valence-corrected chi connectivity index (χ0v) is 15.6. The van der Waals surface area contributed by atoms with Crippen molar-refractivity contribution in [2.45, 2.75) is 55.2 Å². The lowest BCUT2D eigenvalue weighted by Crippen LogP contribution is -2.78. The van der Waals surface area contributed by atoms with Crippen LogP contribution in [0.3, 0.4) is 0 Å². The molecule has 136 valence electrons. The molecular weight excluding hydrogens is 342 g/mol. The number of carbonyl (C=O) groups excluding carboxylic acids is 2. The smallest absolute Gasteiger partial charge is 0.330 e. The monoisotopic (exact) mass is 365 g/mol. The number of benzene rings is 1. The Hall–Kier alpha value is -1.57. The fourth-order valence-electron chi connectivity index (χ4n) is 3.59. The predicted molar refractivity (Wildman–Crippen MR) is 93.8 cm³/mol. The third-order valence-corrected chi connectivity index (χ3v) is 6.58. The average Bonchev–Trinajstić information content (AvgIpc) is 2.83. The predicted octanol–water partition coefficient (Wildman–Crippen LogP) is 1.56. The zero-order chi connectivity index (χ0) is 18.4. The van der Waals surface area contributed by atoms with E-state index in [0.717, 1.165) is 5.56 Å². The summed E-state index contributed by atoms with van der Waals surface area (Å²) >= 11 is 1.46. The van der Waals surface area contributed by atoms with E-state index in [0.29, 0.717) is 0 Å². The average molecular weight is 365 g/mol. The molecule has 1 aromatic rings. The largest absolute Gasteiger partial charge is 0.459 e. The third-order valence-electron chi connectivity index (χ3n) is 4.95. The van der Waals surface area contributed by atoms with Gasteiger partial charge in [0.1, 0.15) is 18.0 Å². The van der Waals surface area contributed by atoms with E-state index in [2.05, 4.69) is 0 Å². The van der Waals surface area contributed by atoms with Crippen LogP contribution in [0.4, 0.5) is 0 Å². The van der Waals surface area contributed by atoms with E-state index in [1.54, 1.807) is 0 Å². The van der Waals surface area contributed by atoms with Crippen LogP contribution in [0.1, 0.15) is 26.3 Å². The lowest BCUT2D eigenvalue weighted by atomic mass is 9.83. The molecule has 2 aliphatic rings. The van der Waals surface area contributed by atoms with Gasteiger partial charge in [-0.1, -0.05) is 30.3 Å². The quantitative estimate of drug-likeness (QED) is 0.630. The van der Waals surface area contributed by atoms with E-state index < -0.39 is 33.8 Å². The molecule has 4 atom stereocenters. The topological polar surface area (TPSA) is 76.1 Å². The maximum Gasteiger partial charge on any atom is 0.330 e. The number of thioether (sulfide) groups is 1. The van der Waals surface area contributed by atoms with Gasteiger partial charge in [0.15, 0.2) is 0 Å². The normalized spacial score (nSPS) is 31.2. The minimum absolute atomic E-state index is 0.162. The molecule has 1 aromatic carbocycles. The van der Waals surface area contributed by atoms with Crippen molar-refractivity contribution in [3.8, 4) is 0 Å². The van der Waals surface area contributed by atoms with Crippen LogP contribution in [-0.4, -0.2) is 56.9 Å². The van der Waals surface area contributed by atoms with Crippen LogP contribution < -0.4 is 0 Å². The molecule has 0 saturated carbocycles. The Morgan fingerprint density at radius 3 is 2.56 bits per heavy atom. The summed E-state index contributed by atoms with van der Waals surface area (Å²) in [6, 6.07) is 8.70. The molecule has 0 aromatic heterocycles. The van der Waals surface area contributed by atoms with Gasteiger partial charge in [-0.2, -0.15) is 0 Å². The Kier molecular flexibility index (Phi) is 4.59. The number of aliphatic hydroxyl groups excluding tert-OH is 1. The molecule has 2 aliphatic heterocycles. The number of fused-ring (bicyclic) bond motifs is 1. The van der Waals surface area contributed by atoms with E-state index in [1.165, 1.54) is 30.7 Å². The van der Waals surface area contributed by atoms with Crippen LogP contribution in [0, 0.1) is 0 Å². The number of nitrogens with zero attached hydrogens (tertiary/aromatic N) is 1. The Morgan fingerprint density at radius 1 is 1.36 bits per heavy atom. The second kappa shape index (κ2) is 6.30. The van der Waals surface area contributed by atoms with Gasteiger partial charge in [0, 0.05) is 11.9 Å². The molecule has 0 radical (unpaired) electrons. The van der Waals surface area contributed by atoms with Crippen molar-refractivity contribution in [2.75, 3.05) is 7.11 Å². The van der Waals surface area contributed by atoms with Gasteiger partial charge >= 0.3 is 5.97 Å². The number of amides is 1. The number of carbonyl (C=O) groups is 2. The van der Waals surface area contributed by atoms with E-state index in [9.17, 15) is 14.7 Å². The highest BCUT2D eigenvalue weighted by molar-refractivity contribution is 8.01. The molecule has 0 aliphatic carbocycles. The van der Waals surface area contributed by atoms with Crippen molar-refractivity contribution in [1.82, 2.24) is 4.90 Å². The third kappa shape index (κ3) is 2.65. The van der Waals surface area contributed by atoms with Crippen LogP contribution in [-0.2, 0) is 25.7 Å². The van der Waals surface area contributed by atoms with Crippen LogP contribution in [0.15, 0.2) is 30.3 Å². The lowest BCUT2D eigenvalue weighted by molar-refractivity contribution is -0.212. The van der Waals surface area contributed by atoms with Gasteiger partial charge in [-0.25, -0.2) is 4.79 Å². The SMILES string of the molecule is CO[C@]1(C(C)O)C(=O)N2[C@@H](C(=O)OCc3ccccc3)C(C)(C)S[C@@H]21. The van der Waals surface area contributed by atoms with Gasteiger partial charge in [0.25, 0.3) is 5.91 Å². The molecule has 25 heavy (non-hydrogen) atoms. The summed E-state index contributed by atoms with van der Waals surface area (Å²) in [6.45, 7) is 5.50. The molecule has 3 rings (SSSR count). The number of aliphatic hydroxyl groups is 1. The van der Waals surface area contributed by atoms with Gasteiger partial charge < -0.3 is 19.5 Å². The number of esters is 1. The van der Waals surface area contributed by atoms with Crippen LogP contribution in [0.25, 0.3) is 0 Å². The molecule has 0 bridgehead atoms.